The number of guanidine groups is 1. The molecule has 2 N–H and O–H groups in total. The Morgan fingerprint density at radius 2 is 1.97 bits per heavy atom. The van der Waals surface area contributed by atoms with Gasteiger partial charge in [0.2, 0.25) is 0 Å². The van der Waals surface area contributed by atoms with E-state index in [1.807, 2.05) is 29.6 Å². The molecule has 2 aliphatic rings. The minimum atomic E-state index is 0.446. The normalized spacial score (nSPS) is 15.5. The Hall–Kier alpha value is -2.68. The van der Waals surface area contributed by atoms with Crippen molar-refractivity contribution in [2.75, 3.05) is 43.0 Å². The Labute approximate surface area is 209 Å². The van der Waals surface area contributed by atoms with Crippen molar-refractivity contribution in [2.45, 2.75) is 31.8 Å². The first kappa shape index (κ1) is 23.1. The van der Waals surface area contributed by atoms with Crippen molar-refractivity contribution in [1.29, 1.82) is 0 Å². The Morgan fingerprint density at radius 3 is 2.76 bits per heavy atom. The summed E-state index contributed by atoms with van der Waals surface area (Å²) in [5, 5.41) is 10.2. The van der Waals surface area contributed by atoms with Crippen LogP contribution in [0.1, 0.15) is 24.8 Å². The summed E-state index contributed by atoms with van der Waals surface area (Å²) in [6, 6.07) is 14.2. The van der Waals surface area contributed by atoms with Gasteiger partial charge in [-0.2, -0.15) is 0 Å². The highest BCUT2D eigenvalue weighted by atomic mass is 35.5. The van der Waals surface area contributed by atoms with Crippen LogP contribution in [0.25, 0.3) is 11.4 Å². The Bertz CT molecular complexity index is 1110. The zero-order valence-corrected chi connectivity index (χ0v) is 20.6. The Kier molecular flexibility index (Phi) is 7.58. The standard InChI is InChI=1S/C25H29ClN6OS/c26-19-7-5-18(6-8-19)11-14-32(15-16-33-20-9-10-20)23-4-1-3-21(29-23)22-17-34-25(30-22)31-24-27-12-2-13-28-24/h1,3-8,17,20H,2,9-16H2,(H2,27,28,30,31). The van der Waals surface area contributed by atoms with Crippen LogP contribution in [0.3, 0.4) is 0 Å². The number of hydrogen-bond donors (Lipinski definition) is 2. The fourth-order valence-corrected chi connectivity index (χ4v) is 4.56. The molecule has 1 saturated carbocycles. The van der Waals surface area contributed by atoms with E-state index < -0.39 is 0 Å². The fourth-order valence-electron chi connectivity index (χ4n) is 3.73. The van der Waals surface area contributed by atoms with Gasteiger partial charge in [-0.3, -0.25) is 4.99 Å². The van der Waals surface area contributed by atoms with E-state index in [4.69, 9.17) is 26.3 Å². The first-order chi connectivity index (χ1) is 16.7. The second kappa shape index (κ2) is 11.2. The monoisotopic (exact) mass is 496 g/mol. The summed E-state index contributed by atoms with van der Waals surface area (Å²) in [4.78, 5) is 16.5. The van der Waals surface area contributed by atoms with Crippen LogP contribution in [0.4, 0.5) is 10.9 Å². The minimum Gasteiger partial charge on any atom is -0.376 e. The van der Waals surface area contributed by atoms with E-state index in [0.29, 0.717) is 12.7 Å². The maximum Gasteiger partial charge on any atom is 0.197 e. The number of halogens is 1. The molecule has 0 saturated heterocycles. The lowest BCUT2D eigenvalue weighted by Crippen LogP contribution is -2.35. The largest absolute Gasteiger partial charge is 0.376 e. The third-order valence-electron chi connectivity index (χ3n) is 5.77. The van der Waals surface area contributed by atoms with E-state index in [2.05, 4.69) is 38.7 Å². The van der Waals surface area contributed by atoms with Crippen LogP contribution in [0.2, 0.25) is 5.02 Å². The van der Waals surface area contributed by atoms with Gasteiger partial charge in [-0.25, -0.2) is 9.97 Å². The van der Waals surface area contributed by atoms with Crippen LogP contribution in [0, 0.1) is 0 Å². The maximum absolute atomic E-state index is 6.05. The summed E-state index contributed by atoms with van der Waals surface area (Å²) >= 11 is 7.61. The summed E-state index contributed by atoms with van der Waals surface area (Å²) in [6.45, 7) is 4.13. The molecule has 3 aromatic rings. The number of thiazole rings is 1. The van der Waals surface area contributed by atoms with Crippen LogP contribution in [-0.2, 0) is 11.2 Å². The molecule has 9 heteroatoms. The number of pyridine rings is 1. The fraction of sp³-hybridized carbons (Fsp3) is 0.400. The van der Waals surface area contributed by atoms with Gasteiger partial charge < -0.3 is 20.3 Å². The highest BCUT2D eigenvalue weighted by Gasteiger charge is 2.22. The smallest absolute Gasteiger partial charge is 0.197 e. The van der Waals surface area contributed by atoms with Gasteiger partial charge in [0.25, 0.3) is 0 Å². The van der Waals surface area contributed by atoms with Crippen molar-refractivity contribution in [3.63, 3.8) is 0 Å². The van der Waals surface area contributed by atoms with Crippen molar-refractivity contribution in [2.24, 2.45) is 4.99 Å². The number of aliphatic imine (C=N–C) groups is 1. The Balaban J connectivity index is 1.28. The summed E-state index contributed by atoms with van der Waals surface area (Å²) in [5.74, 6) is 1.73. The zero-order valence-electron chi connectivity index (χ0n) is 19.0. The first-order valence-electron chi connectivity index (χ1n) is 11.8. The van der Waals surface area contributed by atoms with Gasteiger partial charge in [-0.1, -0.05) is 29.8 Å². The lowest BCUT2D eigenvalue weighted by Gasteiger charge is -2.24. The van der Waals surface area contributed by atoms with Gasteiger partial charge in [0.1, 0.15) is 11.5 Å². The molecule has 178 valence electrons. The summed E-state index contributed by atoms with van der Waals surface area (Å²) < 4.78 is 5.94. The number of nitrogens with one attached hydrogen (secondary N) is 2. The molecule has 1 fully saturated rings. The molecule has 1 aromatic carbocycles. The molecule has 0 atom stereocenters. The Morgan fingerprint density at radius 1 is 1.09 bits per heavy atom. The quantitative estimate of drug-likeness (QED) is 0.418. The minimum absolute atomic E-state index is 0.446. The SMILES string of the molecule is Clc1ccc(CCN(CCOC2CC2)c2cccc(-c3csc(NC4=NCCCN4)n3)n2)cc1. The number of ether oxygens (including phenoxy) is 1. The van der Waals surface area contributed by atoms with E-state index in [1.54, 1.807) is 11.3 Å². The zero-order chi connectivity index (χ0) is 23.2. The van der Waals surface area contributed by atoms with Crippen LogP contribution in [0.15, 0.2) is 52.8 Å². The number of rotatable bonds is 10. The summed E-state index contributed by atoms with van der Waals surface area (Å²) in [7, 11) is 0. The summed E-state index contributed by atoms with van der Waals surface area (Å²) in [5.41, 5.74) is 2.97. The molecule has 5 rings (SSSR count). The first-order valence-corrected chi connectivity index (χ1v) is 13.1. The highest BCUT2D eigenvalue weighted by Crippen LogP contribution is 2.26. The van der Waals surface area contributed by atoms with Crippen molar-refractivity contribution in [1.82, 2.24) is 15.3 Å². The van der Waals surface area contributed by atoms with Gasteiger partial charge in [0.05, 0.1) is 18.4 Å². The van der Waals surface area contributed by atoms with Gasteiger partial charge in [-0.15, -0.1) is 11.3 Å². The topological polar surface area (TPSA) is 74.7 Å². The average molecular weight is 497 g/mol. The van der Waals surface area contributed by atoms with Crippen molar-refractivity contribution >= 4 is 39.8 Å². The maximum atomic E-state index is 6.05. The predicted octanol–water partition coefficient (Wildman–Crippen LogP) is 4.85. The molecule has 0 radical (unpaired) electrons. The van der Waals surface area contributed by atoms with Gasteiger partial charge in [0, 0.05) is 36.6 Å². The van der Waals surface area contributed by atoms with E-state index in [0.717, 1.165) is 72.3 Å². The van der Waals surface area contributed by atoms with Crippen LogP contribution < -0.4 is 15.5 Å². The van der Waals surface area contributed by atoms with E-state index in [-0.39, 0.29) is 0 Å². The van der Waals surface area contributed by atoms with Crippen molar-refractivity contribution in [3.05, 3.63) is 58.4 Å². The number of anilines is 2. The average Bonchev–Trinajstić information content (AvgIpc) is 3.58. The van der Waals surface area contributed by atoms with Crippen molar-refractivity contribution in [3.8, 4) is 11.4 Å². The van der Waals surface area contributed by atoms with E-state index >= 15 is 0 Å². The number of nitrogens with zero attached hydrogens (tertiary/aromatic N) is 4. The molecular formula is C25H29ClN6OS. The molecule has 0 unspecified atom stereocenters. The molecule has 2 aromatic heterocycles. The van der Waals surface area contributed by atoms with Gasteiger partial charge >= 0.3 is 0 Å². The van der Waals surface area contributed by atoms with Crippen LogP contribution >= 0.6 is 22.9 Å². The van der Waals surface area contributed by atoms with Crippen LogP contribution in [-0.4, -0.2) is 54.8 Å². The highest BCUT2D eigenvalue weighted by molar-refractivity contribution is 7.14. The lowest BCUT2D eigenvalue weighted by molar-refractivity contribution is 0.125. The molecule has 1 aliphatic heterocycles. The molecule has 34 heavy (non-hydrogen) atoms. The predicted molar refractivity (Wildman–Crippen MR) is 140 cm³/mol. The third-order valence-corrected chi connectivity index (χ3v) is 6.78. The molecule has 1 aliphatic carbocycles. The summed E-state index contributed by atoms with van der Waals surface area (Å²) in [6.07, 6.45) is 4.78. The van der Waals surface area contributed by atoms with Crippen LogP contribution in [0.5, 0.6) is 0 Å². The lowest BCUT2D eigenvalue weighted by atomic mass is 10.1. The number of hydrogen-bond acceptors (Lipinski definition) is 8. The molecule has 7 nitrogen and oxygen atoms in total. The second-order valence-electron chi connectivity index (χ2n) is 8.49. The number of aromatic nitrogens is 2. The van der Waals surface area contributed by atoms with Crippen molar-refractivity contribution < 1.29 is 4.74 Å². The molecular weight excluding hydrogens is 468 g/mol. The third kappa shape index (κ3) is 6.46. The van der Waals surface area contributed by atoms with E-state index in [9.17, 15) is 0 Å². The molecule has 0 amide bonds. The molecule has 3 heterocycles. The molecule has 0 spiro atoms. The van der Waals surface area contributed by atoms with Gasteiger partial charge in [-0.05, 0) is 55.5 Å². The molecule has 0 bridgehead atoms. The second-order valence-corrected chi connectivity index (χ2v) is 9.78. The van der Waals surface area contributed by atoms with Gasteiger partial charge in [0.15, 0.2) is 11.1 Å². The number of benzene rings is 1. The van der Waals surface area contributed by atoms with E-state index in [1.165, 1.54) is 18.4 Å².